The zero-order valence-electron chi connectivity index (χ0n) is 8.58. The number of nitrogens with zero attached hydrogens (tertiary/aromatic N) is 4. The maximum absolute atomic E-state index is 5.88. The largest absolute Gasteiger partial charge is 0.383 e. The normalized spacial score (nSPS) is 11.1. The Labute approximate surface area is 95.6 Å². The quantitative estimate of drug-likeness (QED) is 0.691. The zero-order chi connectivity index (χ0) is 11.1. The molecule has 6 heteroatoms. The van der Waals surface area contributed by atoms with E-state index in [-0.39, 0.29) is 0 Å². The van der Waals surface area contributed by atoms with Gasteiger partial charge in [0.05, 0.1) is 10.3 Å². The molecule has 0 radical (unpaired) electrons. The molecule has 3 aromatic heterocycles. The number of nitrogen functional groups attached to an aromatic ring is 1. The molecule has 2 N–H and O–H groups in total. The third-order valence-electron chi connectivity index (χ3n) is 2.40. The first-order chi connectivity index (χ1) is 7.77. The van der Waals surface area contributed by atoms with Gasteiger partial charge in [-0.2, -0.15) is 5.10 Å². The standard InChI is InChI=1S/C10H9N5S/c1-15-10-7(9(11)12-5-13-10)8(14-15)6-3-2-4-16-6/h2-5H,1H3,(H2,11,12,13). The number of anilines is 1. The Hall–Kier alpha value is -1.95. The lowest BCUT2D eigenvalue weighted by Gasteiger charge is -1.95. The number of hydrogen-bond donors (Lipinski definition) is 1. The van der Waals surface area contributed by atoms with Gasteiger partial charge in [-0.1, -0.05) is 6.07 Å². The third-order valence-corrected chi connectivity index (χ3v) is 3.28. The monoisotopic (exact) mass is 231 g/mol. The van der Waals surface area contributed by atoms with Crippen molar-refractivity contribution in [1.82, 2.24) is 19.7 Å². The number of rotatable bonds is 1. The van der Waals surface area contributed by atoms with Crippen LogP contribution in [0, 0.1) is 0 Å². The van der Waals surface area contributed by atoms with Gasteiger partial charge in [0, 0.05) is 7.05 Å². The van der Waals surface area contributed by atoms with E-state index in [1.807, 2.05) is 24.6 Å². The summed E-state index contributed by atoms with van der Waals surface area (Å²) in [4.78, 5) is 9.27. The first kappa shape index (κ1) is 9.29. The van der Waals surface area contributed by atoms with Crippen molar-refractivity contribution in [2.75, 3.05) is 5.73 Å². The molecule has 5 nitrogen and oxygen atoms in total. The summed E-state index contributed by atoms with van der Waals surface area (Å²) in [6, 6.07) is 4.00. The van der Waals surface area contributed by atoms with Crippen molar-refractivity contribution in [3.05, 3.63) is 23.8 Å². The van der Waals surface area contributed by atoms with E-state index in [0.717, 1.165) is 21.6 Å². The van der Waals surface area contributed by atoms with Gasteiger partial charge >= 0.3 is 0 Å². The lowest BCUT2D eigenvalue weighted by Crippen LogP contribution is -1.95. The lowest BCUT2D eigenvalue weighted by molar-refractivity contribution is 0.789. The summed E-state index contributed by atoms with van der Waals surface area (Å²) in [5.41, 5.74) is 7.49. The van der Waals surface area contributed by atoms with E-state index in [4.69, 9.17) is 5.73 Å². The van der Waals surface area contributed by atoms with E-state index < -0.39 is 0 Å². The number of aromatic nitrogens is 4. The van der Waals surface area contributed by atoms with E-state index in [1.54, 1.807) is 16.0 Å². The molecule has 0 aliphatic carbocycles. The van der Waals surface area contributed by atoms with Crippen LogP contribution in [0.15, 0.2) is 23.8 Å². The van der Waals surface area contributed by atoms with Crippen molar-refractivity contribution in [2.45, 2.75) is 0 Å². The van der Waals surface area contributed by atoms with E-state index in [0.29, 0.717) is 5.82 Å². The van der Waals surface area contributed by atoms with Crippen LogP contribution in [-0.4, -0.2) is 19.7 Å². The van der Waals surface area contributed by atoms with Gasteiger partial charge in [0.25, 0.3) is 0 Å². The molecule has 3 heterocycles. The molecule has 0 bridgehead atoms. The van der Waals surface area contributed by atoms with Crippen molar-refractivity contribution in [3.63, 3.8) is 0 Å². The van der Waals surface area contributed by atoms with Crippen molar-refractivity contribution >= 4 is 28.2 Å². The molecular weight excluding hydrogens is 222 g/mol. The molecule has 0 saturated carbocycles. The Morgan fingerprint density at radius 1 is 1.38 bits per heavy atom. The average molecular weight is 231 g/mol. The van der Waals surface area contributed by atoms with Gasteiger partial charge in [-0.3, -0.25) is 0 Å². The Bertz CT molecular complexity index is 641. The minimum absolute atomic E-state index is 0.474. The molecule has 80 valence electrons. The topological polar surface area (TPSA) is 69.6 Å². The van der Waals surface area contributed by atoms with Gasteiger partial charge in [0.2, 0.25) is 0 Å². The molecule has 0 spiro atoms. The van der Waals surface area contributed by atoms with Crippen molar-refractivity contribution in [1.29, 1.82) is 0 Å². The second kappa shape index (κ2) is 3.28. The van der Waals surface area contributed by atoms with Gasteiger partial charge < -0.3 is 5.73 Å². The summed E-state index contributed by atoms with van der Waals surface area (Å²) in [6.07, 6.45) is 1.46. The zero-order valence-corrected chi connectivity index (χ0v) is 9.40. The van der Waals surface area contributed by atoms with Gasteiger partial charge in [-0.05, 0) is 11.4 Å². The SMILES string of the molecule is Cn1nc(-c2cccs2)c2c(N)ncnc21. The third kappa shape index (κ3) is 1.20. The number of nitrogens with two attached hydrogens (primary N) is 1. The van der Waals surface area contributed by atoms with Crippen LogP contribution in [0.3, 0.4) is 0 Å². The smallest absolute Gasteiger partial charge is 0.163 e. The van der Waals surface area contributed by atoms with Gasteiger partial charge in [0.1, 0.15) is 17.8 Å². The number of fused-ring (bicyclic) bond motifs is 1. The Kier molecular flexibility index (Phi) is 1.90. The first-order valence-corrected chi connectivity index (χ1v) is 5.62. The van der Waals surface area contributed by atoms with Crippen LogP contribution in [0.4, 0.5) is 5.82 Å². The molecular formula is C10H9N5S. The summed E-state index contributed by atoms with van der Waals surface area (Å²) >= 11 is 1.63. The summed E-state index contributed by atoms with van der Waals surface area (Å²) in [6.45, 7) is 0. The predicted molar refractivity (Wildman–Crippen MR) is 64.0 cm³/mol. The van der Waals surface area contributed by atoms with Crippen molar-refractivity contribution in [2.24, 2.45) is 7.05 Å². The summed E-state index contributed by atoms with van der Waals surface area (Å²) in [5, 5.41) is 7.27. The molecule has 0 atom stereocenters. The van der Waals surface area contributed by atoms with Gasteiger partial charge in [-0.25, -0.2) is 14.6 Å². The van der Waals surface area contributed by atoms with Crippen molar-refractivity contribution in [3.8, 4) is 10.6 Å². The Balaban J connectivity index is 2.42. The number of aryl methyl sites for hydroxylation is 1. The fourth-order valence-corrected chi connectivity index (χ4v) is 2.41. The molecule has 0 unspecified atom stereocenters. The van der Waals surface area contributed by atoms with E-state index in [9.17, 15) is 0 Å². The van der Waals surface area contributed by atoms with E-state index in [2.05, 4.69) is 15.1 Å². The lowest BCUT2D eigenvalue weighted by atomic mass is 10.2. The maximum Gasteiger partial charge on any atom is 0.163 e. The van der Waals surface area contributed by atoms with Crippen LogP contribution in [0.25, 0.3) is 21.6 Å². The van der Waals surface area contributed by atoms with E-state index >= 15 is 0 Å². The highest BCUT2D eigenvalue weighted by atomic mass is 32.1. The van der Waals surface area contributed by atoms with Crippen molar-refractivity contribution < 1.29 is 0 Å². The summed E-state index contributed by atoms with van der Waals surface area (Å²) in [7, 11) is 1.85. The van der Waals surface area contributed by atoms with Gasteiger partial charge in [0.15, 0.2) is 5.65 Å². The number of hydrogen-bond acceptors (Lipinski definition) is 5. The molecule has 0 aliphatic heterocycles. The molecule has 0 aromatic carbocycles. The highest BCUT2D eigenvalue weighted by Crippen LogP contribution is 2.31. The highest BCUT2D eigenvalue weighted by molar-refractivity contribution is 7.13. The Morgan fingerprint density at radius 2 is 2.25 bits per heavy atom. The average Bonchev–Trinajstić information content (AvgIpc) is 2.87. The minimum atomic E-state index is 0.474. The first-order valence-electron chi connectivity index (χ1n) is 4.74. The fraction of sp³-hybridized carbons (Fsp3) is 0.100. The summed E-state index contributed by atoms with van der Waals surface area (Å²) < 4.78 is 1.72. The molecule has 0 fully saturated rings. The molecule has 0 saturated heterocycles. The van der Waals surface area contributed by atoms with Gasteiger partial charge in [-0.15, -0.1) is 11.3 Å². The molecule has 3 aromatic rings. The Morgan fingerprint density at radius 3 is 3.00 bits per heavy atom. The van der Waals surface area contributed by atoms with Crippen LogP contribution in [-0.2, 0) is 7.05 Å². The van der Waals surface area contributed by atoms with E-state index in [1.165, 1.54) is 6.33 Å². The second-order valence-corrected chi connectivity index (χ2v) is 4.35. The second-order valence-electron chi connectivity index (χ2n) is 3.41. The van der Waals surface area contributed by atoms with Crippen LogP contribution in [0.5, 0.6) is 0 Å². The van der Waals surface area contributed by atoms with Crippen LogP contribution in [0.1, 0.15) is 0 Å². The molecule has 0 amide bonds. The maximum atomic E-state index is 5.88. The minimum Gasteiger partial charge on any atom is -0.383 e. The molecule has 0 aliphatic rings. The van der Waals surface area contributed by atoms with Crippen LogP contribution in [0.2, 0.25) is 0 Å². The highest BCUT2D eigenvalue weighted by Gasteiger charge is 2.15. The van der Waals surface area contributed by atoms with Crippen LogP contribution < -0.4 is 5.73 Å². The number of thiophene rings is 1. The summed E-state index contributed by atoms with van der Waals surface area (Å²) in [5.74, 6) is 0.474. The fourth-order valence-electron chi connectivity index (χ4n) is 1.70. The molecule has 16 heavy (non-hydrogen) atoms. The molecule has 3 rings (SSSR count). The van der Waals surface area contributed by atoms with Crippen LogP contribution >= 0.6 is 11.3 Å². The predicted octanol–water partition coefficient (Wildman–Crippen LogP) is 1.67.